The minimum absolute atomic E-state index is 0.0187. The number of anilines is 2. The first-order chi connectivity index (χ1) is 11.8. The minimum atomic E-state index is 0.0187. The van der Waals surface area contributed by atoms with Crippen LogP contribution in [0.25, 0.3) is 0 Å². The van der Waals surface area contributed by atoms with Crippen molar-refractivity contribution in [2.45, 2.75) is 26.2 Å². The van der Waals surface area contributed by atoms with Crippen LogP contribution >= 0.6 is 0 Å². The van der Waals surface area contributed by atoms with Crippen molar-refractivity contribution in [2.24, 2.45) is 0 Å². The molecule has 1 aliphatic heterocycles. The SMILES string of the molecule is CCOc1ccccc1NC(=O)CCN1CCCc2ccccc21. The first-order valence-corrected chi connectivity index (χ1v) is 8.62. The van der Waals surface area contributed by atoms with Gasteiger partial charge in [-0.25, -0.2) is 0 Å². The lowest BCUT2D eigenvalue weighted by Crippen LogP contribution is -2.32. The number of carbonyl (C=O) groups is 1. The maximum Gasteiger partial charge on any atom is 0.226 e. The molecule has 126 valence electrons. The highest BCUT2D eigenvalue weighted by molar-refractivity contribution is 5.92. The number of hydrogen-bond acceptors (Lipinski definition) is 3. The van der Waals surface area contributed by atoms with E-state index in [1.54, 1.807) is 0 Å². The van der Waals surface area contributed by atoms with Gasteiger partial charge in [0.05, 0.1) is 12.3 Å². The van der Waals surface area contributed by atoms with Gasteiger partial charge in [-0.05, 0) is 43.5 Å². The van der Waals surface area contributed by atoms with Crippen LogP contribution in [0, 0.1) is 0 Å². The van der Waals surface area contributed by atoms with Gasteiger partial charge >= 0.3 is 0 Å². The molecular formula is C20H24N2O2. The molecule has 0 saturated carbocycles. The number of benzene rings is 2. The van der Waals surface area contributed by atoms with Crippen LogP contribution in [-0.2, 0) is 11.2 Å². The fourth-order valence-corrected chi connectivity index (χ4v) is 3.14. The summed E-state index contributed by atoms with van der Waals surface area (Å²) in [4.78, 5) is 14.6. The lowest BCUT2D eigenvalue weighted by Gasteiger charge is -2.31. The molecule has 24 heavy (non-hydrogen) atoms. The molecule has 1 N–H and O–H groups in total. The summed E-state index contributed by atoms with van der Waals surface area (Å²) in [6.07, 6.45) is 2.74. The topological polar surface area (TPSA) is 41.6 Å². The van der Waals surface area contributed by atoms with E-state index in [0.717, 1.165) is 37.4 Å². The van der Waals surface area contributed by atoms with E-state index in [4.69, 9.17) is 4.74 Å². The molecule has 1 aliphatic rings. The Balaban J connectivity index is 1.59. The van der Waals surface area contributed by atoms with Gasteiger partial charge in [0.2, 0.25) is 5.91 Å². The number of aryl methyl sites for hydroxylation is 1. The van der Waals surface area contributed by atoms with E-state index >= 15 is 0 Å². The first kappa shape index (κ1) is 16.4. The van der Waals surface area contributed by atoms with Crippen molar-refractivity contribution >= 4 is 17.3 Å². The van der Waals surface area contributed by atoms with Gasteiger partial charge in [-0.3, -0.25) is 4.79 Å². The second-order valence-electron chi connectivity index (χ2n) is 5.95. The maximum atomic E-state index is 12.3. The zero-order chi connectivity index (χ0) is 16.8. The molecular weight excluding hydrogens is 300 g/mol. The van der Waals surface area contributed by atoms with Crippen molar-refractivity contribution in [2.75, 3.05) is 29.9 Å². The summed E-state index contributed by atoms with van der Waals surface area (Å²) >= 11 is 0. The summed E-state index contributed by atoms with van der Waals surface area (Å²) in [6, 6.07) is 16.0. The molecule has 0 atom stereocenters. The molecule has 1 amide bonds. The smallest absolute Gasteiger partial charge is 0.226 e. The van der Waals surface area contributed by atoms with Gasteiger partial charge < -0.3 is 15.0 Å². The number of nitrogens with zero attached hydrogens (tertiary/aromatic N) is 1. The number of hydrogen-bond donors (Lipinski definition) is 1. The van der Waals surface area contributed by atoms with Crippen molar-refractivity contribution in [3.63, 3.8) is 0 Å². The molecule has 0 aliphatic carbocycles. The maximum absolute atomic E-state index is 12.3. The van der Waals surface area contributed by atoms with E-state index in [1.165, 1.54) is 11.3 Å². The van der Waals surface area contributed by atoms with Crippen molar-refractivity contribution in [1.29, 1.82) is 0 Å². The van der Waals surface area contributed by atoms with Crippen molar-refractivity contribution in [1.82, 2.24) is 0 Å². The standard InChI is InChI=1S/C20H24N2O2/c1-2-24-19-12-6-4-10-17(19)21-20(23)13-15-22-14-7-9-16-8-3-5-11-18(16)22/h3-6,8,10-12H,2,7,9,13-15H2,1H3,(H,21,23). The van der Waals surface area contributed by atoms with Gasteiger partial charge in [0, 0.05) is 25.2 Å². The normalized spacial score (nSPS) is 13.3. The Kier molecular flexibility index (Phi) is 5.36. The number of amides is 1. The fourth-order valence-electron chi connectivity index (χ4n) is 3.14. The molecule has 4 nitrogen and oxygen atoms in total. The summed E-state index contributed by atoms with van der Waals surface area (Å²) in [5.74, 6) is 0.738. The molecule has 0 bridgehead atoms. The Morgan fingerprint density at radius 3 is 2.83 bits per heavy atom. The van der Waals surface area contributed by atoms with Crippen LogP contribution < -0.4 is 15.0 Å². The van der Waals surface area contributed by atoms with Crippen LogP contribution in [-0.4, -0.2) is 25.6 Å². The zero-order valence-electron chi connectivity index (χ0n) is 14.1. The average molecular weight is 324 g/mol. The van der Waals surface area contributed by atoms with Crippen molar-refractivity contribution in [3.8, 4) is 5.75 Å². The minimum Gasteiger partial charge on any atom is -0.492 e. The number of rotatable bonds is 6. The Morgan fingerprint density at radius 1 is 1.17 bits per heavy atom. The highest BCUT2D eigenvalue weighted by Gasteiger charge is 2.17. The largest absolute Gasteiger partial charge is 0.492 e. The Labute approximate surface area is 143 Å². The Hall–Kier alpha value is -2.49. The quantitative estimate of drug-likeness (QED) is 0.877. The van der Waals surface area contributed by atoms with Gasteiger partial charge in [-0.15, -0.1) is 0 Å². The zero-order valence-corrected chi connectivity index (χ0v) is 14.1. The van der Waals surface area contributed by atoms with Crippen molar-refractivity contribution < 1.29 is 9.53 Å². The third-order valence-corrected chi connectivity index (χ3v) is 4.28. The van der Waals surface area contributed by atoms with Crippen LogP contribution in [0.2, 0.25) is 0 Å². The van der Waals surface area contributed by atoms with E-state index in [-0.39, 0.29) is 5.91 Å². The number of nitrogens with one attached hydrogen (secondary N) is 1. The fraction of sp³-hybridized carbons (Fsp3) is 0.350. The molecule has 0 unspecified atom stereocenters. The van der Waals surface area contributed by atoms with Crippen LogP contribution in [0.15, 0.2) is 48.5 Å². The summed E-state index contributed by atoms with van der Waals surface area (Å²) in [6.45, 7) is 4.27. The molecule has 0 aromatic heterocycles. The Morgan fingerprint density at radius 2 is 1.96 bits per heavy atom. The molecule has 0 fully saturated rings. The highest BCUT2D eigenvalue weighted by Crippen LogP contribution is 2.27. The predicted molar refractivity (Wildman–Crippen MR) is 97.8 cm³/mol. The van der Waals surface area contributed by atoms with Crippen molar-refractivity contribution in [3.05, 3.63) is 54.1 Å². The molecule has 0 spiro atoms. The van der Waals surface area contributed by atoms with Gasteiger partial charge in [-0.1, -0.05) is 30.3 Å². The summed E-state index contributed by atoms with van der Waals surface area (Å²) in [5, 5.41) is 2.97. The lowest BCUT2D eigenvalue weighted by atomic mass is 10.0. The van der Waals surface area contributed by atoms with Gasteiger partial charge in [-0.2, -0.15) is 0 Å². The Bertz CT molecular complexity index is 700. The van der Waals surface area contributed by atoms with Gasteiger partial charge in [0.15, 0.2) is 0 Å². The lowest BCUT2D eigenvalue weighted by molar-refractivity contribution is -0.116. The molecule has 0 saturated heterocycles. The average Bonchev–Trinajstić information content (AvgIpc) is 2.62. The third-order valence-electron chi connectivity index (χ3n) is 4.28. The first-order valence-electron chi connectivity index (χ1n) is 8.62. The highest BCUT2D eigenvalue weighted by atomic mass is 16.5. The number of para-hydroxylation sites is 3. The van der Waals surface area contributed by atoms with Gasteiger partial charge in [0.1, 0.15) is 5.75 Å². The van der Waals surface area contributed by atoms with Gasteiger partial charge in [0.25, 0.3) is 0 Å². The summed E-state index contributed by atoms with van der Waals surface area (Å²) < 4.78 is 5.55. The third kappa shape index (κ3) is 3.88. The van der Waals surface area contributed by atoms with E-state index < -0.39 is 0 Å². The molecule has 0 radical (unpaired) electrons. The van der Waals surface area contributed by atoms with E-state index in [1.807, 2.05) is 31.2 Å². The van der Waals surface area contributed by atoms with E-state index in [2.05, 4.69) is 34.5 Å². The van der Waals surface area contributed by atoms with Crippen LogP contribution in [0.1, 0.15) is 25.3 Å². The second-order valence-corrected chi connectivity index (χ2v) is 5.95. The number of fused-ring (bicyclic) bond motifs is 1. The summed E-state index contributed by atoms with van der Waals surface area (Å²) in [7, 11) is 0. The monoisotopic (exact) mass is 324 g/mol. The predicted octanol–water partition coefficient (Wildman–Crippen LogP) is 3.87. The molecule has 3 rings (SSSR count). The van der Waals surface area contributed by atoms with Crippen LogP contribution in [0.4, 0.5) is 11.4 Å². The molecule has 4 heteroatoms. The molecule has 1 heterocycles. The molecule has 2 aromatic carbocycles. The number of carbonyl (C=O) groups excluding carboxylic acids is 1. The van der Waals surface area contributed by atoms with E-state index in [0.29, 0.717) is 13.0 Å². The van der Waals surface area contributed by atoms with Crippen LogP contribution in [0.5, 0.6) is 5.75 Å². The number of ether oxygens (including phenoxy) is 1. The summed E-state index contributed by atoms with van der Waals surface area (Å²) in [5.41, 5.74) is 3.39. The molecule has 2 aromatic rings. The second kappa shape index (κ2) is 7.86. The van der Waals surface area contributed by atoms with Crippen LogP contribution in [0.3, 0.4) is 0 Å². The van der Waals surface area contributed by atoms with E-state index in [9.17, 15) is 4.79 Å².